The molecule has 0 bridgehead atoms. The standard InChI is InChI=1S/C14H9F6NO3/c15-13(16,17)8-3-7(4-9(5-8)14(18,19)20)10-6-21-11(24-10)1-2-12(22)23/h3-6H,1-2H2,(H,22,23). The molecule has 0 aliphatic carbocycles. The van der Waals surface area contributed by atoms with E-state index in [-0.39, 0.29) is 30.6 Å². The molecule has 1 heterocycles. The van der Waals surface area contributed by atoms with E-state index in [4.69, 9.17) is 9.52 Å². The fourth-order valence-electron chi connectivity index (χ4n) is 1.87. The predicted molar refractivity (Wildman–Crippen MR) is 67.9 cm³/mol. The number of rotatable bonds is 4. The molecule has 4 nitrogen and oxygen atoms in total. The Hall–Kier alpha value is -2.52. The number of carboxylic acid groups (broad SMARTS) is 1. The second-order valence-corrected chi connectivity index (χ2v) is 4.81. The van der Waals surface area contributed by atoms with E-state index >= 15 is 0 Å². The molecule has 0 amide bonds. The first-order valence-corrected chi connectivity index (χ1v) is 6.43. The zero-order valence-corrected chi connectivity index (χ0v) is 11.7. The van der Waals surface area contributed by atoms with Gasteiger partial charge in [0.15, 0.2) is 11.7 Å². The van der Waals surface area contributed by atoms with Gasteiger partial charge >= 0.3 is 18.3 Å². The Balaban J connectivity index is 2.44. The number of carboxylic acids is 1. The zero-order valence-electron chi connectivity index (χ0n) is 11.7. The van der Waals surface area contributed by atoms with Crippen molar-refractivity contribution in [3.05, 3.63) is 41.4 Å². The van der Waals surface area contributed by atoms with Gasteiger partial charge in [0.25, 0.3) is 0 Å². The Morgan fingerprint density at radius 2 is 1.58 bits per heavy atom. The molecule has 0 spiro atoms. The van der Waals surface area contributed by atoms with E-state index in [9.17, 15) is 31.1 Å². The molecule has 0 radical (unpaired) electrons. The Bertz CT molecular complexity index is 715. The molecular formula is C14H9F6NO3. The van der Waals surface area contributed by atoms with Crippen molar-refractivity contribution < 1.29 is 40.7 Å². The van der Waals surface area contributed by atoms with Crippen LogP contribution in [0.3, 0.4) is 0 Å². The highest BCUT2D eigenvalue weighted by molar-refractivity contribution is 5.67. The van der Waals surface area contributed by atoms with Crippen LogP contribution in [0.2, 0.25) is 0 Å². The summed E-state index contributed by atoms with van der Waals surface area (Å²) in [5.74, 6) is -1.56. The van der Waals surface area contributed by atoms with Crippen LogP contribution < -0.4 is 0 Å². The molecule has 1 N–H and O–H groups in total. The van der Waals surface area contributed by atoms with Gasteiger partial charge in [0.05, 0.1) is 23.7 Å². The van der Waals surface area contributed by atoms with Crippen LogP contribution in [-0.4, -0.2) is 16.1 Å². The molecule has 0 saturated carbocycles. The zero-order chi connectivity index (χ0) is 18.1. The normalized spacial score (nSPS) is 12.4. The Labute approximate surface area is 130 Å². The van der Waals surface area contributed by atoms with Crippen molar-refractivity contribution in [2.24, 2.45) is 0 Å². The molecule has 0 saturated heterocycles. The first kappa shape index (κ1) is 17.8. The number of carbonyl (C=O) groups is 1. The van der Waals surface area contributed by atoms with Crippen molar-refractivity contribution in [1.82, 2.24) is 4.98 Å². The number of alkyl halides is 6. The van der Waals surface area contributed by atoms with E-state index in [0.29, 0.717) is 12.1 Å². The largest absolute Gasteiger partial charge is 0.481 e. The van der Waals surface area contributed by atoms with E-state index in [1.165, 1.54) is 0 Å². The third kappa shape index (κ3) is 4.27. The molecule has 10 heteroatoms. The second-order valence-electron chi connectivity index (χ2n) is 4.81. The lowest BCUT2D eigenvalue weighted by Crippen LogP contribution is -2.11. The number of halogens is 6. The van der Waals surface area contributed by atoms with Crippen LogP contribution >= 0.6 is 0 Å². The maximum atomic E-state index is 12.8. The van der Waals surface area contributed by atoms with Gasteiger partial charge in [0, 0.05) is 12.0 Å². The van der Waals surface area contributed by atoms with E-state index in [1.54, 1.807) is 0 Å². The summed E-state index contributed by atoms with van der Waals surface area (Å²) in [5, 5.41) is 8.53. The molecule has 2 aromatic rings. The molecule has 130 valence electrons. The van der Waals surface area contributed by atoms with Crippen LogP contribution in [0.15, 0.2) is 28.8 Å². The lowest BCUT2D eigenvalue weighted by Gasteiger charge is -2.13. The summed E-state index contributed by atoms with van der Waals surface area (Å²) >= 11 is 0. The van der Waals surface area contributed by atoms with Gasteiger partial charge in [0.1, 0.15) is 0 Å². The van der Waals surface area contributed by atoms with Gasteiger partial charge in [-0.25, -0.2) is 4.98 Å². The first-order chi connectivity index (χ1) is 11.0. The first-order valence-electron chi connectivity index (χ1n) is 6.43. The van der Waals surface area contributed by atoms with Crippen molar-refractivity contribution in [3.63, 3.8) is 0 Å². The van der Waals surface area contributed by atoms with Crippen LogP contribution in [-0.2, 0) is 23.6 Å². The van der Waals surface area contributed by atoms with Crippen molar-refractivity contribution >= 4 is 5.97 Å². The molecule has 1 aromatic heterocycles. The molecule has 0 fully saturated rings. The fourth-order valence-corrected chi connectivity index (χ4v) is 1.87. The van der Waals surface area contributed by atoms with Crippen LogP contribution in [0, 0.1) is 0 Å². The highest BCUT2D eigenvalue weighted by Gasteiger charge is 2.37. The molecule has 1 aromatic carbocycles. The highest BCUT2D eigenvalue weighted by atomic mass is 19.4. The Morgan fingerprint density at radius 1 is 1.04 bits per heavy atom. The minimum Gasteiger partial charge on any atom is -0.481 e. The van der Waals surface area contributed by atoms with Crippen molar-refractivity contribution in [3.8, 4) is 11.3 Å². The third-order valence-electron chi connectivity index (χ3n) is 2.98. The summed E-state index contributed by atoms with van der Waals surface area (Å²) in [6, 6.07) is 1.03. The van der Waals surface area contributed by atoms with Crippen LogP contribution in [0.4, 0.5) is 26.3 Å². The van der Waals surface area contributed by atoms with Gasteiger partial charge < -0.3 is 9.52 Å². The van der Waals surface area contributed by atoms with E-state index in [2.05, 4.69) is 4.98 Å². The summed E-state index contributed by atoms with van der Waals surface area (Å²) in [7, 11) is 0. The molecule has 0 aliphatic rings. The third-order valence-corrected chi connectivity index (χ3v) is 2.98. The molecule has 24 heavy (non-hydrogen) atoms. The Kier molecular flexibility index (Phi) is 4.59. The summed E-state index contributed by atoms with van der Waals surface area (Å²) in [5.41, 5.74) is -3.40. The quantitative estimate of drug-likeness (QED) is 0.828. The van der Waals surface area contributed by atoms with E-state index < -0.39 is 35.0 Å². The number of oxazole rings is 1. The van der Waals surface area contributed by atoms with Gasteiger partial charge in [-0.15, -0.1) is 0 Å². The highest BCUT2D eigenvalue weighted by Crippen LogP contribution is 2.38. The monoisotopic (exact) mass is 353 g/mol. The van der Waals surface area contributed by atoms with Crippen LogP contribution in [0.5, 0.6) is 0 Å². The van der Waals surface area contributed by atoms with Gasteiger partial charge in [-0.3, -0.25) is 4.79 Å². The fraction of sp³-hybridized carbons (Fsp3) is 0.286. The predicted octanol–water partition coefficient (Wildman–Crippen LogP) is 4.40. The maximum absolute atomic E-state index is 12.8. The number of nitrogens with zero attached hydrogens (tertiary/aromatic N) is 1. The number of hydrogen-bond donors (Lipinski definition) is 1. The van der Waals surface area contributed by atoms with E-state index in [1.807, 2.05) is 0 Å². The van der Waals surface area contributed by atoms with Gasteiger partial charge in [-0.2, -0.15) is 26.3 Å². The molecule has 0 unspecified atom stereocenters. The average Bonchev–Trinajstić information content (AvgIpc) is 2.91. The second kappa shape index (κ2) is 6.17. The van der Waals surface area contributed by atoms with Crippen LogP contribution in [0.1, 0.15) is 23.4 Å². The maximum Gasteiger partial charge on any atom is 0.416 e. The molecule has 0 aliphatic heterocycles. The lowest BCUT2D eigenvalue weighted by atomic mass is 10.0. The van der Waals surface area contributed by atoms with Crippen LogP contribution in [0.25, 0.3) is 11.3 Å². The SMILES string of the molecule is O=C(O)CCc1ncc(-c2cc(C(F)(F)F)cc(C(F)(F)F)c2)o1. The number of aromatic nitrogens is 1. The molecular weight excluding hydrogens is 344 g/mol. The lowest BCUT2D eigenvalue weighted by molar-refractivity contribution is -0.143. The van der Waals surface area contributed by atoms with Gasteiger partial charge in [-0.1, -0.05) is 0 Å². The number of hydrogen-bond acceptors (Lipinski definition) is 3. The van der Waals surface area contributed by atoms with Crippen molar-refractivity contribution in [2.75, 3.05) is 0 Å². The van der Waals surface area contributed by atoms with Crippen molar-refractivity contribution in [1.29, 1.82) is 0 Å². The van der Waals surface area contributed by atoms with Gasteiger partial charge in [0.2, 0.25) is 0 Å². The summed E-state index contributed by atoms with van der Waals surface area (Å²) in [6.07, 6.45) is -9.46. The molecule has 2 rings (SSSR count). The minimum atomic E-state index is -4.97. The Morgan fingerprint density at radius 3 is 2.04 bits per heavy atom. The smallest absolute Gasteiger partial charge is 0.416 e. The van der Waals surface area contributed by atoms with Crippen molar-refractivity contribution in [2.45, 2.75) is 25.2 Å². The number of benzene rings is 1. The molecule has 0 atom stereocenters. The van der Waals surface area contributed by atoms with E-state index in [0.717, 1.165) is 6.20 Å². The number of aliphatic carboxylic acids is 1. The number of aryl methyl sites for hydroxylation is 1. The summed E-state index contributed by atoms with van der Waals surface area (Å²) in [4.78, 5) is 14.1. The summed E-state index contributed by atoms with van der Waals surface area (Å²) < 4.78 is 81.8. The topological polar surface area (TPSA) is 63.3 Å². The average molecular weight is 353 g/mol. The minimum absolute atomic E-state index is 0.00517. The van der Waals surface area contributed by atoms with Gasteiger partial charge in [-0.05, 0) is 18.2 Å². The summed E-state index contributed by atoms with van der Waals surface area (Å²) in [6.45, 7) is 0.